The van der Waals surface area contributed by atoms with E-state index in [1.807, 2.05) is 6.92 Å². The van der Waals surface area contributed by atoms with E-state index in [4.69, 9.17) is 5.73 Å². The van der Waals surface area contributed by atoms with Crippen LogP contribution in [0.15, 0.2) is 12.3 Å². The summed E-state index contributed by atoms with van der Waals surface area (Å²) < 4.78 is 0. The molecule has 1 heterocycles. The molecule has 2 rings (SSSR count). The van der Waals surface area contributed by atoms with Gasteiger partial charge in [0.05, 0.1) is 4.92 Å². The van der Waals surface area contributed by atoms with E-state index < -0.39 is 10.8 Å². The molecule has 1 fully saturated rings. The molecular weight excluding hydrogens is 248 g/mol. The van der Waals surface area contributed by atoms with Gasteiger partial charge in [-0.25, -0.2) is 4.98 Å². The van der Waals surface area contributed by atoms with Gasteiger partial charge in [-0.1, -0.05) is 12.8 Å². The van der Waals surface area contributed by atoms with E-state index >= 15 is 0 Å². The minimum Gasteiger partial charge on any atom is -0.384 e. The molecule has 0 spiro atoms. The lowest BCUT2D eigenvalue weighted by atomic mass is 10.1. The van der Waals surface area contributed by atoms with Crippen molar-refractivity contribution in [1.82, 2.24) is 10.3 Å². The first-order valence-corrected chi connectivity index (χ1v) is 6.18. The van der Waals surface area contributed by atoms with Gasteiger partial charge in [0.1, 0.15) is 17.6 Å². The number of carbonyl (C=O) groups is 1. The number of hydrogen-bond donors (Lipinski definition) is 2. The van der Waals surface area contributed by atoms with Gasteiger partial charge >= 0.3 is 0 Å². The molecule has 0 saturated heterocycles. The summed E-state index contributed by atoms with van der Waals surface area (Å²) in [5, 5.41) is 13.6. The third-order valence-electron chi connectivity index (χ3n) is 3.11. The van der Waals surface area contributed by atoms with Gasteiger partial charge in [0.15, 0.2) is 0 Å². The Bertz CT molecular complexity index is 514. The predicted octanol–water partition coefficient (Wildman–Crippen LogP) is 1.49. The summed E-state index contributed by atoms with van der Waals surface area (Å²) in [5.41, 5.74) is 5.10. The van der Waals surface area contributed by atoms with Gasteiger partial charge in [-0.3, -0.25) is 14.9 Å². The number of nitrogens with zero attached hydrogens (tertiary/aromatic N) is 2. The van der Waals surface area contributed by atoms with Gasteiger partial charge in [-0.05, 0) is 25.3 Å². The van der Waals surface area contributed by atoms with Crippen LogP contribution in [0.25, 0.3) is 0 Å². The zero-order valence-corrected chi connectivity index (χ0v) is 10.6. The highest BCUT2D eigenvalue weighted by molar-refractivity contribution is 5.98. The van der Waals surface area contributed by atoms with E-state index in [-0.39, 0.29) is 23.1 Å². The largest absolute Gasteiger partial charge is 0.384 e. The first-order valence-electron chi connectivity index (χ1n) is 6.18. The highest BCUT2D eigenvalue weighted by Crippen LogP contribution is 2.33. The topological polar surface area (TPSA) is 111 Å². The molecule has 1 unspecified atom stereocenters. The Kier molecular flexibility index (Phi) is 3.64. The lowest BCUT2D eigenvalue weighted by Gasteiger charge is -2.13. The highest BCUT2D eigenvalue weighted by atomic mass is 16.6. The molecule has 1 aromatic rings. The molecule has 1 aromatic heterocycles. The Labute approximate surface area is 110 Å². The maximum Gasteiger partial charge on any atom is 0.300 e. The first-order chi connectivity index (χ1) is 8.97. The summed E-state index contributed by atoms with van der Waals surface area (Å²) in [6.45, 7) is 1.90. The van der Waals surface area contributed by atoms with Crippen LogP contribution in [0.1, 0.15) is 36.5 Å². The Hall–Kier alpha value is -2.18. The molecule has 1 aliphatic rings. The van der Waals surface area contributed by atoms with Crippen molar-refractivity contribution >= 4 is 17.4 Å². The van der Waals surface area contributed by atoms with E-state index in [9.17, 15) is 14.9 Å². The number of pyridine rings is 1. The van der Waals surface area contributed by atoms with Crippen LogP contribution < -0.4 is 11.1 Å². The lowest BCUT2D eigenvalue weighted by Crippen LogP contribution is -2.33. The number of amides is 1. The van der Waals surface area contributed by atoms with Crippen LogP contribution in [-0.2, 0) is 0 Å². The molecule has 0 aromatic carbocycles. The summed E-state index contributed by atoms with van der Waals surface area (Å²) in [5.74, 6) is 0.285. The van der Waals surface area contributed by atoms with Crippen molar-refractivity contribution in [3.8, 4) is 0 Å². The summed E-state index contributed by atoms with van der Waals surface area (Å²) in [6.07, 6.45) is 4.31. The van der Waals surface area contributed by atoms with Crippen LogP contribution in [0.4, 0.5) is 11.5 Å². The zero-order chi connectivity index (χ0) is 14.0. The number of nitrogens with two attached hydrogens (primary N) is 1. The van der Waals surface area contributed by atoms with Crippen LogP contribution in [-0.4, -0.2) is 21.9 Å². The molecule has 1 amide bonds. The van der Waals surface area contributed by atoms with Crippen LogP contribution in [0.2, 0.25) is 0 Å². The molecule has 7 heteroatoms. The molecule has 7 nitrogen and oxygen atoms in total. The third kappa shape index (κ3) is 3.40. The van der Waals surface area contributed by atoms with Crippen LogP contribution in [0.3, 0.4) is 0 Å². The minimum absolute atomic E-state index is 0.00556. The van der Waals surface area contributed by atoms with E-state index in [0.717, 1.165) is 12.6 Å². The number of nitrogens with one attached hydrogen (secondary N) is 1. The highest BCUT2D eigenvalue weighted by Gasteiger charge is 2.26. The van der Waals surface area contributed by atoms with Crippen molar-refractivity contribution in [2.45, 2.75) is 32.2 Å². The zero-order valence-electron chi connectivity index (χ0n) is 10.6. The summed E-state index contributed by atoms with van der Waals surface area (Å²) in [6, 6.07) is 1.23. The van der Waals surface area contributed by atoms with Crippen molar-refractivity contribution in [2.75, 3.05) is 5.73 Å². The van der Waals surface area contributed by atoms with Crippen molar-refractivity contribution in [3.05, 3.63) is 27.9 Å². The number of carbonyl (C=O) groups excluding carboxylic acids is 1. The van der Waals surface area contributed by atoms with Gasteiger partial charge in [-0.2, -0.15) is 0 Å². The van der Waals surface area contributed by atoms with Crippen molar-refractivity contribution in [1.29, 1.82) is 0 Å². The van der Waals surface area contributed by atoms with Crippen LogP contribution in [0, 0.1) is 16.0 Å². The Morgan fingerprint density at radius 3 is 2.95 bits per heavy atom. The fraction of sp³-hybridized carbons (Fsp3) is 0.500. The number of anilines is 1. The third-order valence-corrected chi connectivity index (χ3v) is 3.11. The summed E-state index contributed by atoms with van der Waals surface area (Å²) in [4.78, 5) is 25.9. The normalized spacial score (nSPS) is 15.8. The van der Waals surface area contributed by atoms with Gasteiger partial charge in [0, 0.05) is 6.04 Å². The number of hydrogen-bond acceptors (Lipinski definition) is 5. The van der Waals surface area contributed by atoms with E-state index in [1.165, 1.54) is 18.9 Å². The quantitative estimate of drug-likeness (QED) is 0.618. The number of nitro groups is 1. The molecular formula is C12H16N4O3. The fourth-order valence-corrected chi connectivity index (χ4v) is 2.01. The Balaban J connectivity index is 2.12. The Morgan fingerprint density at radius 1 is 1.68 bits per heavy atom. The smallest absolute Gasteiger partial charge is 0.300 e. The lowest BCUT2D eigenvalue weighted by molar-refractivity contribution is -0.385. The molecule has 1 saturated carbocycles. The monoisotopic (exact) mass is 264 g/mol. The molecule has 0 bridgehead atoms. The predicted molar refractivity (Wildman–Crippen MR) is 69.6 cm³/mol. The number of rotatable bonds is 5. The first kappa shape index (κ1) is 13.3. The average molecular weight is 264 g/mol. The van der Waals surface area contributed by atoms with Crippen molar-refractivity contribution < 1.29 is 9.72 Å². The van der Waals surface area contributed by atoms with Gasteiger partial charge in [0.25, 0.3) is 11.6 Å². The van der Waals surface area contributed by atoms with Crippen LogP contribution in [0.5, 0.6) is 0 Å². The summed E-state index contributed by atoms with van der Waals surface area (Å²) >= 11 is 0. The molecule has 102 valence electrons. The Morgan fingerprint density at radius 2 is 2.37 bits per heavy atom. The van der Waals surface area contributed by atoms with Crippen molar-refractivity contribution in [3.63, 3.8) is 0 Å². The van der Waals surface area contributed by atoms with Gasteiger partial charge in [0.2, 0.25) is 0 Å². The number of nitrogen functional groups attached to an aromatic ring is 1. The second-order valence-electron chi connectivity index (χ2n) is 4.94. The fourth-order valence-electron chi connectivity index (χ4n) is 2.01. The maximum absolute atomic E-state index is 12.0. The molecule has 0 radical (unpaired) electrons. The van der Waals surface area contributed by atoms with Crippen molar-refractivity contribution in [2.24, 2.45) is 5.92 Å². The second-order valence-corrected chi connectivity index (χ2v) is 4.94. The second kappa shape index (κ2) is 5.21. The minimum atomic E-state index is -0.632. The SMILES string of the molecule is CC(CC1CC1)NC(=O)c1cc(N)ncc1[N+](=O)[O-]. The molecule has 1 atom stereocenters. The van der Waals surface area contributed by atoms with Gasteiger partial charge < -0.3 is 11.1 Å². The molecule has 3 N–H and O–H groups in total. The molecule has 19 heavy (non-hydrogen) atoms. The molecule has 1 aliphatic carbocycles. The van der Waals surface area contributed by atoms with Crippen LogP contribution >= 0.6 is 0 Å². The van der Waals surface area contributed by atoms with E-state index in [2.05, 4.69) is 10.3 Å². The van der Waals surface area contributed by atoms with Gasteiger partial charge in [-0.15, -0.1) is 0 Å². The average Bonchev–Trinajstić information content (AvgIpc) is 3.12. The standard InChI is InChI=1S/C12H16N4O3/c1-7(4-8-2-3-8)15-12(17)9-5-11(13)14-6-10(9)16(18)19/h5-8H,2-4H2,1H3,(H2,13,14)(H,15,17). The summed E-state index contributed by atoms with van der Waals surface area (Å²) in [7, 11) is 0. The van der Waals surface area contributed by atoms with E-state index in [1.54, 1.807) is 0 Å². The number of aromatic nitrogens is 1. The van der Waals surface area contributed by atoms with E-state index in [0.29, 0.717) is 5.92 Å². The maximum atomic E-state index is 12.0. The molecule has 0 aliphatic heterocycles.